The fourth-order valence-corrected chi connectivity index (χ4v) is 1.63. The van der Waals surface area contributed by atoms with Crippen LogP contribution in [0.3, 0.4) is 0 Å². The summed E-state index contributed by atoms with van der Waals surface area (Å²) in [7, 11) is 0. The Labute approximate surface area is 162 Å². The Balaban J connectivity index is 2.68. The highest BCUT2D eigenvalue weighted by molar-refractivity contribution is 6.29. The van der Waals surface area contributed by atoms with Gasteiger partial charge in [0.1, 0.15) is 22.9 Å². The Morgan fingerprint density at radius 1 is 1.04 bits per heavy atom. The average Bonchev–Trinajstić information content (AvgIpc) is 2.59. The fraction of sp³-hybridized carbons (Fsp3) is 0.429. The first-order valence-corrected chi connectivity index (χ1v) is 7.18. The minimum absolute atomic E-state index is 0.366. The number of pyridine rings is 1. The molecule has 0 amide bonds. The number of hydrogen-bond donors (Lipinski definition) is 2. The van der Waals surface area contributed by atoms with Gasteiger partial charge >= 0.3 is 12.4 Å². The van der Waals surface area contributed by atoms with Crippen molar-refractivity contribution < 1.29 is 34.6 Å². The van der Waals surface area contributed by atoms with Gasteiger partial charge in [-0.2, -0.15) is 41.3 Å². The molecule has 2 N–H and O–H groups in total. The molecule has 13 heteroatoms. The normalized spacial score (nSPS) is 19.4. The quantitative estimate of drug-likeness (QED) is 0.554. The van der Waals surface area contributed by atoms with Gasteiger partial charge in [-0.15, -0.1) is 0 Å². The molecule has 0 saturated carbocycles. The molecule has 2 atom stereocenters. The summed E-state index contributed by atoms with van der Waals surface area (Å²) >= 11 is 5.70. The van der Waals surface area contributed by atoms with E-state index in [1.165, 1.54) is 5.32 Å². The number of anilines is 2. The molecule has 0 bridgehead atoms. The van der Waals surface area contributed by atoms with E-state index in [9.17, 15) is 26.3 Å². The van der Waals surface area contributed by atoms with E-state index in [0.717, 1.165) is 6.07 Å². The topological polar surface area (TPSA) is 75.6 Å². The lowest BCUT2D eigenvalue weighted by atomic mass is 10.3. The number of halogens is 7. The second-order valence-corrected chi connectivity index (χ2v) is 5.22. The van der Waals surface area contributed by atoms with Crippen LogP contribution in [0.25, 0.3) is 11.5 Å². The van der Waals surface area contributed by atoms with Gasteiger partial charge in [0.15, 0.2) is 5.82 Å². The zero-order chi connectivity index (χ0) is 25.6. The first-order valence-electron chi connectivity index (χ1n) is 9.81. The Morgan fingerprint density at radius 3 is 2.22 bits per heavy atom. The van der Waals surface area contributed by atoms with Gasteiger partial charge in [0.2, 0.25) is 11.9 Å². The summed E-state index contributed by atoms with van der Waals surface area (Å²) in [6.45, 7) is -3.30. The number of hydrogen-bond acceptors (Lipinski definition) is 6. The summed E-state index contributed by atoms with van der Waals surface area (Å²) in [4.78, 5) is 14.0. The molecule has 0 fully saturated rings. The molecule has 0 aliphatic heterocycles. The maximum Gasteiger partial charge on any atom is 0.408 e. The monoisotopic (exact) mass is 420 g/mol. The fourth-order valence-electron chi connectivity index (χ4n) is 1.49. The Hall–Kier alpha value is -2.37. The third-order valence-electron chi connectivity index (χ3n) is 2.78. The first-order chi connectivity index (χ1) is 14.7. The molecule has 6 nitrogen and oxygen atoms in total. The molecule has 2 aromatic rings. The maximum absolute atomic E-state index is 13.2. The minimum Gasteiger partial charge on any atom is -0.343 e. The maximum atomic E-state index is 13.2. The van der Waals surface area contributed by atoms with Crippen molar-refractivity contribution in [2.45, 2.75) is 38.2 Å². The summed E-state index contributed by atoms with van der Waals surface area (Å²) in [6, 6.07) is -6.76. The molecule has 0 aliphatic carbocycles. The molecular weight excluding hydrogens is 402 g/mol. The minimum atomic E-state index is -5.35. The van der Waals surface area contributed by atoms with Crippen molar-refractivity contribution in [3.63, 3.8) is 0 Å². The summed E-state index contributed by atoms with van der Waals surface area (Å²) in [6.07, 6.45) is -10.5. The molecule has 148 valence electrons. The largest absolute Gasteiger partial charge is 0.408 e. The van der Waals surface area contributed by atoms with Crippen LogP contribution >= 0.6 is 11.6 Å². The standard InChI is InChI=1S/C14H13ClF6N6/c1-6(13(16,17)18)22-11-25-10(8-4-3-5-9(15)24-8)26-12(27-11)23-7(2)14(19,20)21/h3-7H,1-2H3,(H2,22,23,25,26,27)/i1D3,4D,5D,7D. The molecule has 2 aromatic heterocycles. The third kappa shape index (κ3) is 5.81. The van der Waals surface area contributed by atoms with Gasteiger partial charge in [-0.3, -0.25) is 0 Å². The molecule has 0 aliphatic rings. The van der Waals surface area contributed by atoms with Crippen LogP contribution in [0.1, 0.15) is 22.0 Å². The van der Waals surface area contributed by atoms with Crippen LogP contribution in [0.4, 0.5) is 38.2 Å². The van der Waals surface area contributed by atoms with Crippen LogP contribution in [0.2, 0.25) is 5.15 Å². The summed E-state index contributed by atoms with van der Waals surface area (Å²) in [5, 5.41) is 2.57. The summed E-state index contributed by atoms with van der Waals surface area (Å²) in [5.74, 6) is -2.98. The number of rotatable bonds is 5. The van der Waals surface area contributed by atoms with Gasteiger partial charge in [0, 0.05) is 4.11 Å². The van der Waals surface area contributed by atoms with Crippen LogP contribution in [-0.2, 0) is 0 Å². The number of aromatic nitrogens is 4. The van der Waals surface area contributed by atoms with E-state index in [1.807, 2.05) is 0 Å². The van der Waals surface area contributed by atoms with E-state index in [-0.39, 0.29) is 0 Å². The van der Waals surface area contributed by atoms with Gasteiger partial charge in [-0.05, 0) is 25.9 Å². The van der Waals surface area contributed by atoms with E-state index in [4.69, 9.17) is 19.8 Å². The number of alkyl halides is 6. The molecule has 27 heavy (non-hydrogen) atoms. The predicted molar refractivity (Wildman–Crippen MR) is 86.3 cm³/mol. The molecular formula is C14H13ClF6N6. The van der Waals surface area contributed by atoms with Crippen molar-refractivity contribution >= 4 is 23.5 Å². The predicted octanol–water partition coefficient (Wildman–Crippen LogP) is 4.31. The van der Waals surface area contributed by atoms with Crippen molar-refractivity contribution in [2.24, 2.45) is 0 Å². The number of nitrogens with one attached hydrogen (secondary N) is 2. The van der Waals surface area contributed by atoms with Crippen LogP contribution in [0.15, 0.2) is 18.2 Å². The Bertz CT molecular complexity index is 1020. The van der Waals surface area contributed by atoms with E-state index in [0.29, 0.717) is 6.92 Å². The van der Waals surface area contributed by atoms with Crippen molar-refractivity contribution in [3.05, 3.63) is 23.3 Å². The Kier molecular flexibility index (Phi) is 3.92. The molecule has 0 radical (unpaired) electrons. The zero-order valence-corrected chi connectivity index (χ0v) is 13.8. The molecule has 0 saturated heterocycles. The highest BCUT2D eigenvalue weighted by Crippen LogP contribution is 2.26. The lowest BCUT2D eigenvalue weighted by Gasteiger charge is -2.20. The second-order valence-electron chi connectivity index (χ2n) is 4.86. The Morgan fingerprint density at radius 2 is 1.67 bits per heavy atom. The van der Waals surface area contributed by atoms with Crippen molar-refractivity contribution in [3.8, 4) is 11.5 Å². The lowest BCUT2D eigenvalue weighted by molar-refractivity contribution is -0.139. The van der Waals surface area contributed by atoms with Gasteiger partial charge < -0.3 is 10.6 Å². The third-order valence-corrected chi connectivity index (χ3v) is 2.98. The zero-order valence-electron chi connectivity index (χ0n) is 19.1. The molecule has 0 spiro atoms. The van der Waals surface area contributed by atoms with Crippen molar-refractivity contribution in [2.75, 3.05) is 10.6 Å². The van der Waals surface area contributed by atoms with Gasteiger partial charge in [-0.25, -0.2) is 4.98 Å². The number of nitrogens with zero attached hydrogens (tertiary/aromatic N) is 4. The van der Waals surface area contributed by atoms with Crippen LogP contribution in [-0.4, -0.2) is 44.3 Å². The summed E-state index contributed by atoms with van der Waals surface area (Å²) < 4.78 is 123. The van der Waals surface area contributed by atoms with Crippen molar-refractivity contribution in [1.82, 2.24) is 19.9 Å². The molecule has 2 heterocycles. The summed E-state index contributed by atoms with van der Waals surface area (Å²) in [5.41, 5.74) is -0.555. The first kappa shape index (κ1) is 13.7. The molecule has 0 aromatic carbocycles. The lowest BCUT2D eigenvalue weighted by Crippen LogP contribution is -2.35. The highest BCUT2D eigenvalue weighted by atomic mass is 35.5. The molecule has 2 unspecified atom stereocenters. The van der Waals surface area contributed by atoms with E-state index < -0.39 is 71.9 Å². The smallest absolute Gasteiger partial charge is 0.343 e. The van der Waals surface area contributed by atoms with E-state index in [2.05, 4.69) is 19.9 Å². The van der Waals surface area contributed by atoms with Crippen LogP contribution in [0, 0.1) is 0 Å². The average molecular weight is 421 g/mol. The van der Waals surface area contributed by atoms with Crippen LogP contribution in [0.5, 0.6) is 0 Å². The highest BCUT2D eigenvalue weighted by Gasteiger charge is 2.38. The SMILES string of the molecule is [2H]c1cc([2H])c(-c2nc(NC(C([2H])([2H])[2H])C(F)(F)F)nc(NC([2H])(C)C(F)(F)F)n2)nc1Cl. The van der Waals surface area contributed by atoms with E-state index >= 15 is 0 Å². The van der Waals surface area contributed by atoms with Crippen molar-refractivity contribution in [1.29, 1.82) is 0 Å². The van der Waals surface area contributed by atoms with Crippen LogP contribution < -0.4 is 10.6 Å². The van der Waals surface area contributed by atoms with Gasteiger partial charge in [0.25, 0.3) is 0 Å². The second kappa shape index (κ2) is 7.71. The van der Waals surface area contributed by atoms with Gasteiger partial charge in [-0.1, -0.05) is 17.7 Å². The van der Waals surface area contributed by atoms with Gasteiger partial charge in [0.05, 0.1) is 4.11 Å². The van der Waals surface area contributed by atoms with E-state index in [1.54, 1.807) is 5.32 Å². The molecule has 2 rings (SSSR count).